The first-order valence-corrected chi connectivity index (χ1v) is 11.8. The van der Waals surface area contributed by atoms with E-state index in [2.05, 4.69) is 15.3 Å². The van der Waals surface area contributed by atoms with Crippen LogP contribution in [-0.2, 0) is 6.42 Å². The molecule has 0 radical (unpaired) electrons. The molecule has 6 nitrogen and oxygen atoms in total. The van der Waals surface area contributed by atoms with E-state index in [-0.39, 0.29) is 11.7 Å². The summed E-state index contributed by atoms with van der Waals surface area (Å²) in [5.41, 5.74) is 4.02. The lowest BCUT2D eigenvalue weighted by Gasteiger charge is -2.10. The van der Waals surface area contributed by atoms with Gasteiger partial charge in [-0.05, 0) is 67.9 Å². The number of benzene rings is 2. The highest BCUT2D eigenvalue weighted by Crippen LogP contribution is 2.35. The van der Waals surface area contributed by atoms with Crippen LogP contribution in [-0.4, -0.2) is 32.4 Å². The lowest BCUT2D eigenvalue weighted by atomic mass is 10.1. The van der Waals surface area contributed by atoms with Crippen molar-refractivity contribution >= 4 is 28.3 Å². The summed E-state index contributed by atoms with van der Waals surface area (Å²) in [6.07, 6.45) is 5.07. The van der Waals surface area contributed by atoms with E-state index in [0.717, 1.165) is 34.0 Å². The molecule has 0 spiro atoms. The van der Waals surface area contributed by atoms with Crippen LogP contribution in [0.1, 0.15) is 27.5 Å². The zero-order chi connectivity index (χ0) is 23.5. The zero-order valence-corrected chi connectivity index (χ0v) is 19.3. The molecule has 0 aliphatic heterocycles. The van der Waals surface area contributed by atoms with Crippen molar-refractivity contribution < 1.29 is 9.18 Å². The number of nitrogens with zero attached hydrogens (tertiary/aromatic N) is 3. The Bertz CT molecular complexity index is 1440. The Morgan fingerprint density at radius 1 is 1.03 bits per heavy atom. The summed E-state index contributed by atoms with van der Waals surface area (Å²) < 4.78 is 13.5. The van der Waals surface area contributed by atoms with Gasteiger partial charge in [-0.1, -0.05) is 0 Å². The molecule has 1 amide bonds. The zero-order valence-electron chi connectivity index (χ0n) is 18.5. The molecule has 170 valence electrons. The van der Waals surface area contributed by atoms with Crippen molar-refractivity contribution in [1.29, 1.82) is 0 Å². The van der Waals surface area contributed by atoms with Crippen molar-refractivity contribution in [1.82, 2.24) is 25.3 Å². The van der Waals surface area contributed by atoms with Crippen molar-refractivity contribution in [3.8, 4) is 21.8 Å². The van der Waals surface area contributed by atoms with E-state index in [4.69, 9.17) is 9.97 Å². The van der Waals surface area contributed by atoms with Gasteiger partial charge in [-0.15, -0.1) is 11.3 Å². The molecule has 0 bridgehead atoms. The van der Waals surface area contributed by atoms with Gasteiger partial charge in [0.2, 0.25) is 0 Å². The van der Waals surface area contributed by atoms with E-state index in [1.54, 1.807) is 54.1 Å². The number of amides is 1. The average molecular weight is 472 g/mol. The standard InChI is InChI=1S/C26H22FN5OS/c1-16-4-11-22(34-16)25-24(17-5-8-19(27)9-6-17)31-20-10-7-18(15-21(20)32-25)26(33)30-12-2-3-23-28-13-14-29-23/h4-11,13-15H,2-3,12H2,1H3,(H,28,29)(H,30,33). The molecule has 0 unspecified atom stereocenters. The van der Waals surface area contributed by atoms with E-state index in [0.29, 0.717) is 34.5 Å². The van der Waals surface area contributed by atoms with Gasteiger partial charge in [0, 0.05) is 41.4 Å². The maximum atomic E-state index is 13.5. The maximum absolute atomic E-state index is 13.5. The van der Waals surface area contributed by atoms with Gasteiger partial charge < -0.3 is 10.3 Å². The molecule has 2 aromatic carbocycles. The van der Waals surface area contributed by atoms with E-state index in [1.165, 1.54) is 12.1 Å². The molecule has 0 aliphatic carbocycles. The van der Waals surface area contributed by atoms with Crippen LogP contribution in [0.2, 0.25) is 0 Å². The third-order valence-corrected chi connectivity index (χ3v) is 6.46. The summed E-state index contributed by atoms with van der Waals surface area (Å²) in [5, 5.41) is 2.96. The van der Waals surface area contributed by atoms with Crippen molar-refractivity contribution in [3.05, 3.63) is 89.1 Å². The van der Waals surface area contributed by atoms with Crippen molar-refractivity contribution in [2.45, 2.75) is 19.8 Å². The van der Waals surface area contributed by atoms with Gasteiger partial charge in [0.1, 0.15) is 17.3 Å². The quantitative estimate of drug-likeness (QED) is 0.305. The summed E-state index contributed by atoms with van der Waals surface area (Å²) in [4.78, 5) is 31.8. The fourth-order valence-electron chi connectivity index (χ4n) is 3.73. The monoisotopic (exact) mass is 471 g/mol. The predicted molar refractivity (Wildman–Crippen MR) is 132 cm³/mol. The van der Waals surface area contributed by atoms with Crippen molar-refractivity contribution in [2.75, 3.05) is 6.54 Å². The molecule has 3 heterocycles. The number of rotatable bonds is 7. The molecular weight excluding hydrogens is 449 g/mol. The van der Waals surface area contributed by atoms with Crippen LogP contribution in [0.4, 0.5) is 4.39 Å². The largest absolute Gasteiger partial charge is 0.352 e. The number of thiophene rings is 1. The number of aryl methyl sites for hydroxylation is 2. The van der Waals surface area contributed by atoms with Gasteiger partial charge >= 0.3 is 0 Å². The number of imidazole rings is 1. The normalized spacial score (nSPS) is 11.1. The Labute approximate surface area is 199 Å². The van der Waals surface area contributed by atoms with Crippen LogP contribution in [0.3, 0.4) is 0 Å². The van der Waals surface area contributed by atoms with Gasteiger partial charge in [-0.2, -0.15) is 0 Å². The minimum Gasteiger partial charge on any atom is -0.352 e. The minimum atomic E-state index is -0.300. The first-order chi connectivity index (χ1) is 16.6. The number of hydrogen-bond acceptors (Lipinski definition) is 5. The third-order valence-electron chi connectivity index (χ3n) is 5.45. The first kappa shape index (κ1) is 21.9. The van der Waals surface area contributed by atoms with E-state index in [1.807, 2.05) is 19.1 Å². The summed E-state index contributed by atoms with van der Waals surface area (Å²) in [6.45, 7) is 2.58. The number of aromatic amines is 1. The topological polar surface area (TPSA) is 83.6 Å². The molecule has 34 heavy (non-hydrogen) atoms. The Morgan fingerprint density at radius 2 is 1.85 bits per heavy atom. The second kappa shape index (κ2) is 9.52. The molecule has 5 rings (SSSR count). The number of halogens is 1. The predicted octanol–water partition coefficient (Wildman–Crippen LogP) is 5.56. The number of aromatic nitrogens is 4. The van der Waals surface area contributed by atoms with Crippen LogP contribution in [0, 0.1) is 12.7 Å². The van der Waals surface area contributed by atoms with Crippen molar-refractivity contribution in [3.63, 3.8) is 0 Å². The number of hydrogen-bond donors (Lipinski definition) is 2. The van der Waals surface area contributed by atoms with Gasteiger partial charge in [0.25, 0.3) is 5.91 Å². The molecule has 0 aliphatic rings. The first-order valence-electron chi connectivity index (χ1n) is 11.0. The molecule has 0 fully saturated rings. The van der Waals surface area contributed by atoms with Gasteiger partial charge in [0.15, 0.2) is 0 Å². The van der Waals surface area contributed by atoms with Crippen LogP contribution in [0.15, 0.2) is 67.0 Å². The highest BCUT2D eigenvalue weighted by Gasteiger charge is 2.16. The van der Waals surface area contributed by atoms with Crippen LogP contribution in [0.25, 0.3) is 32.9 Å². The average Bonchev–Trinajstić information content (AvgIpc) is 3.53. The minimum absolute atomic E-state index is 0.153. The fraction of sp³-hybridized carbons (Fsp3) is 0.154. The molecular formula is C26H22FN5OS. The van der Waals surface area contributed by atoms with Gasteiger partial charge in [-0.3, -0.25) is 4.79 Å². The fourth-order valence-corrected chi connectivity index (χ4v) is 4.59. The highest BCUT2D eigenvalue weighted by molar-refractivity contribution is 7.15. The summed E-state index contributed by atoms with van der Waals surface area (Å²) in [7, 11) is 0. The van der Waals surface area contributed by atoms with Crippen molar-refractivity contribution in [2.24, 2.45) is 0 Å². The van der Waals surface area contributed by atoms with E-state index in [9.17, 15) is 9.18 Å². The molecule has 2 N–H and O–H groups in total. The number of fused-ring (bicyclic) bond motifs is 1. The number of carbonyl (C=O) groups is 1. The van der Waals surface area contributed by atoms with E-state index < -0.39 is 0 Å². The summed E-state index contributed by atoms with van der Waals surface area (Å²) in [5.74, 6) is 0.452. The Morgan fingerprint density at radius 3 is 2.59 bits per heavy atom. The highest BCUT2D eigenvalue weighted by atomic mass is 32.1. The van der Waals surface area contributed by atoms with Crippen LogP contribution < -0.4 is 5.32 Å². The molecule has 5 aromatic rings. The lowest BCUT2D eigenvalue weighted by Crippen LogP contribution is -2.24. The Hall–Kier alpha value is -3.91. The molecule has 3 aromatic heterocycles. The van der Waals surface area contributed by atoms with Gasteiger partial charge in [0.05, 0.1) is 21.6 Å². The smallest absolute Gasteiger partial charge is 0.251 e. The SMILES string of the molecule is Cc1ccc(-c2nc3cc(C(=O)NCCCc4ncc[nH]4)ccc3nc2-c2ccc(F)cc2)s1. The number of carbonyl (C=O) groups excluding carboxylic acids is 1. The maximum Gasteiger partial charge on any atom is 0.251 e. The molecule has 0 saturated heterocycles. The molecule has 0 atom stereocenters. The Balaban J connectivity index is 1.44. The summed E-state index contributed by atoms with van der Waals surface area (Å²) >= 11 is 1.62. The van der Waals surface area contributed by atoms with Crippen LogP contribution in [0.5, 0.6) is 0 Å². The second-order valence-electron chi connectivity index (χ2n) is 7.94. The summed E-state index contributed by atoms with van der Waals surface area (Å²) in [6, 6.07) is 15.6. The lowest BCUT2D eigenvalue weighted by molar-refractivity contribution is 0.0953. The van der Waals surface area contributed by atoms with Gasteiger partial charge in [-0.25, -0.2) is 19.3 Å². The third kappa shape index (κ3) is 4.72. The number of nitrogens with one attached hydrogen (secondary N) is 2. The van der Waals surface area contributed by atoms with E-state index >= 15 is 0 Å². The Kier molecular flexibility index (Phi) is 6.14. The second-order valence-corrected chi connectivity index (χ2v) is 9.22. The number of H-pyrrole nitrogens is 1. The molecule has 8 heteroatoms. The molecule has 0 saturated carbocycles. The van der Waals surface area contributed by atoms with Crippen LogP contribution >= 0.6 is 11.3 Å².